The number of amides is 1. The molecule has 6 heteroatoms. The predicted octanol–water partition coefficient (Wildman–Crippen LogP) is 5.34. The minimum absolute atomic E-state index is 0.0103. The highest BCUT2D eigenvalue weighted by molar-refractivity contribution is 5.97. The fourth-order valence-corrected chi connectivity index (χ4v) is 4.14. The highest BCUT2D eigenvalue weighted by atomic mass is 19.1. The molecule has 0 bridgehead atoms. The highest BCUT2D eigenvalue weighted by Gasteiger charge is 2.21. The molecule has 0 aliphatic carbocycles. The first kappa shape index (κ1) is 21.9. The number of hydrogen-bond donors (Lipinski definition) is 0. The Hall–Kier alpha value is -3.28. The number of fused-ring (bicyclic) bond motifs is 1. The molecule has 2 aromatic carbocycles. The summed E-state index contributed by atoms with van der Waals surface area (Å²) in [6.45, 7) is 11.1. The summed E-state index contributed by atoms with van der Waals surface area (Å²) in [5.74, 6) is 1.35. The zero-order valence-electron chi connectivity index (χ0n) is 19.1. The van der Waals surface area contributed by atoms with E-state index < -0.39 is 0 Å². The maximum absolute atomic E-state index is 13.2. The van der Waals surface area contributed by atoms with Crippen molar-refractivity contribution in [3.63, 3.8) is 0 Å². The second kappa shape index (κ2) is 9.07. The van der Waals surface area contributed by atoms with Gasteiger partial charge in [-0.3, -0.25) is 4.79 Å². The van der Waals surface area contributed by atoms with E-state index in [9.17, 15) is 9.18 Å². The second-order valence-electron chi connectivity index (χ2n) is 8.18. The van der Waals surface area contributed by atoms with Gasteiger partial charge in [0, 0.05) is 55.0 Å². The number of allylic oxidation sites excluding steroid dienone is 1. The smallest absolute Gasteiger partial charge is 0.246 e. The van der Waals surface area contributed by atoms with E-state index in [1.165, 1.54) is 12.1 Å². The monoisotopic (exact) mass is 436 g/mol. The molecule has 0 saturated carbocycles. The first-order valence-corrected chi connectivity index (χ1v) is 11.0. The summed E-state index contributed by atoms with van der Waals surface area (Å²) in [5, 5.41) is 1.04. The zero-order valence-corrected chi connectivity index (χ0v) is 19.1. The maximum atomic E-state index is 13.2. The fourth-order valence-electron chi connectivity index (χ4n) is 4.14. The molecule has 5 nitrogen and oxygen atoms in total. The quantitative estimate of drug-likeness (QED) is 0.507. The van der Waals surface area contributed by atoms with Gasteiger partial charge < -0.3 is 19.0 Å². The third-order valence-electron chi connectivity index (χ3n) is 6.12. The Morgan fingerprint density at radius 1 is 1.12 bits per heavy atom. The zero-order chi connectivity index (χ0) is 22.8. The van der Waals surface area contributed by atoms with Crippen molar-refractivity contribution in [1.82, 2.24) is 4.90 Å². The van der Waals surface area contributed by atoms with Crippen molar-refractivity contribution in [2.75, 3.05) is 37.7 Å². The number of ether oxygens (including phenoxy) is 1. The Morgan fingerprint density at radius 2 is 1.81 bits per heavy atom. The van der Waals surface area contributed by atoms with Gasteiger partial charge in [-0.1, -0.05) is 0 Å². The SMILES string of the molecule is CCOc1cc2oc(C)c(C)c2cc1/C(C)=C/C(=O)N1CCN(c2ccc(F)cc2)CC1. The lowest BCUT2D eigenvalue weighted by molar-refractivity contribution is -0.126. The molecule has 0 spiro atoms. The van der Waals surface area contributed by atoms with Gasteiger partial charge in [-0.2, -0.15) is 0 Å². The van der Waals surface area contributed by atoms with Crippen LogP contribution in [0.15, 0.2) is 46.9 Å². The van der Waals surface area contributed by atoms with Crippen molar-refractivity contribution in [3.05, 3.63) is 65.2 Å². The third kappa shape index (κ3) is 4.35. The number of hydrogen-bond acceptors (Lipinski definition) is 4. The van der Waals surface area contributed by atoms with Crippen LogP contribution in [-0.4, -0.2) is 43.6 Å². The molecule has 2 heterocycles. The number of halogens is 1. The molecule has 1 aliphatic heterocycles. The molecule has 0 unspecified atom stereocenters. The molecule has 1 aliphatic rings. The van der Waals surface area contributed by atoms with E-state index in [0.717, 1.165) is 44.9 Å². The molecular formula is C26H29FN2O3. The Labute approximate surface area is 188 Å². The average molecular weight is 437 g/mol. The molecule has 0 radical (unpaired) electrons. The molecule has 0 atom stereocenters. The van der Waals surface area contributed by atoms with E-state index in [1.54, 1.807) is 18.2 Å². The summed E-state index contributed by atoms with van der Waals surface area (Å²) in [5.41, 5.74) is 4.63. The Kier molecular flexibility index (Phi) is 6.21. The average Bonchev–Trinajstić information content (AvgIpc) is 3.06. The van der Waals surface area contributed by atoms with Crippen LogP contribution in [0, 0.1) is 19.7 Å². The molecule has 3 aromatic rings. The van der Waals surface area contributed by atoms with Crippen LogP contribution in [-0.2, 0) is 4.79 Å². The normalized spacial score (nSPS) is 14.8. The molecule has 0 N–H and O–H groups in total. The molecule has 1 amide bonds. The number of aryl methyl sites for hydroxylation is 2. The molecule has 1 saturated heterocycles. The van der Waals surface area contributed by atoms with E-state index >= 15 is 0 Å². The van der Waals surface area contributed by atoms with E-state index in [1.807, 2.05) is 38.7 Å². The lowest BCUT2D eigenvalue weighted by atomic mass is 10.0. The number of piperazine rings is 1. The van der Waals surface area contributed by atoms with Crippen LogP contribution in [0.4, 0.5) is 10.1 Å². The number of carbonyl (C=O) groups is 1. The van der Waals surface area contributed by atoms with Gasteiger partial charge in [0.15, 0.2) is 0 Å². The van der Waals surface area contributed by atoms with Crippen LogP contribution < -0.4 is 9.64 Å². The van der Waals surface area contributed by atoms with Crippen LogP contribution in [0.1, 0.15) is 30.7 Å². The van der Waals surface area contributed by atoms with E-state index in [-0.39, 0.29) is 11.7 Å². The predicted molar refractivity (Wildman–Crippen MR) is 126 cm³/mol. The van der Waals surface area contributed by atoms with E-state index in [0.29, 0.717) is 32.8 Å². The number of benzene rings is 2. The van der Waals surface area contributed by atoms with Crippen molar-refractivity contribution >= 4 is 28.1 Å². The van der Waals surface area contributed by atoms with Gasteiger partial charge in [0.2, 0.25) is 5.91 Å². The molecule has 1 aromatic heterocycles. The van der Waals surface area contributed by atoms with Crippen LogP contribution in [0.25, 0.3) is 16.5 Å². The minimum Gasteiger partial charge on any atom is -0.493 e. The summed E-state index contributed by atoms with van der Waals surface area (Å²) in [6.07, 6.45) is 1.69. The number of rotatable bonds is 5. The molecule has 4 rings (SSSR count). The van der Waals surface area contributed by atoms with Crippen molar-refractivity contribution in [2.45, 2.75) is 27.7 Å². The number of anilines is 1. The van der Waals surface area contributed by atoms with Gasteiger partial charge >= 0.3 is 0 Å². The lowest BCUT2D eigenvalue weighted by Gasteiger charge is -2.35. The minimum atomic E-state index is -0.242. The van der Waals surface area contributed by atoms with Crippen LogP contribution in [0.3, 0.4) is 0 Å². The number of furan rings is 1. The van der Waals surface area contributed by atoms with Crippen LogP contribution in [0.2, 0.25) is 0 Å². The van der Waals surface area contributed by atoms with Crippen LogP contribution >= 0.6 is 0 Å². The summed E-state index contributed by atoms with van der Waals surface area (Å²) < 4.78 is 24.9. The highest BCUT2D eigenvalue weighted by Crippen LogP contribution is 2.35. The fraction of sp³-hybridized carbons (Fsp3) is 0.346. The Bertz CT molecular complexity index is 1160. The third-order valence-corrected chi connectivity index (χ3v) is 6.12. The summed E-state index contributed by atoms with van der Waals surface area (Å²) in [6, 6.07) is 10.5. The van der Waals surface area contributed by atoms with E-state index in [2.05, 4.69) is 11.0 Å². The largest absolute Gasteiger partial charge is 0.493 e. The standard InChI is InChI=1S/C26H29FN2O3/c1-5-31-24-16-25-23(18(3)19(4)32-25)15-22(24)17(2)14-26(30)29-12-10-28(11-13-29)21-8-6-20(27)7-9-21/h6-9,14-16H,5,10-13H2,1-4H3/b17-14+. The van der Waals surface area contributed by atoms with Gasteiger partial charge in [-0.25, -0.2) is 4.39 Å². The first-order chi connectivity index (χ1) is 15.4. The number of carbonyl (C=O) groups excluding carboxylic acids is 1. The van der Waals surface area contributed by atoms with Gasteiger partial charge in [0.25, 0.3) is 0 Å². The van der Waals surface area contributed by atoms with Gasteiger partial charge in [-0.05, 0) is 69.2 Å². The Morgan fingerprint density at radius 3 is 2.47 bits per heavy atom. The first-order valence-electron chi connectivity index (χ1n) is 11.0. The lowest BCUT2D eigenvalue weighted by Crippen LogP contribution is -2.48. The second-order valence-corrected chi connectivity index (χ2v) is 8.18. The summed E-state index contributed by atoms with van der Waals surface area (Å²) in [7, 11) is 0. The summed E-state index contributed by atoms with van der Waals surface area (Å²) in [4.78, 5) is 17.0. The summed E-state index contributed by atoms with van der Waals surface area (Å²) >= 11 is 0. The van der Waals surface area contributed by atoms with Crippen molar-refractivity contribution in [3.8, 4) is 5.75 Å². The molecule has 168 valence electrons. The number of nitrogens with zero attached hydrogens (tertiary/aromatic N) is 2. The van der Waals surface area contributed by atoms with Gasteiger partial charge in [0.05, 0.1) is 6.61 Å². The molecule has 32 heavy (non-hydrogen) atoms. The topological polar surface area (TPSA) is 45.9 Å². The van der Waals surface area contributed by atoms with E-state index in [4.69, 9.17) is 9.15 Å². The van der Waals surface area contributed by atoms with Crippen molar-refractivity contribution in [1.29, 1.82) is 0 Å². The van der Waals surface area contributed by atoms with Crippen molar-refractivity contribution < 1.29 is 18.3 Å². The van der Waals surface area contributed by atoms with Gasteiger partial charge in [0.1, 0.15) is 22.9 Å². The van der Waals surface area contributed by atoms with Crippen molar-refractivity contribution in [2.24, 2.45) is 0 Å². The van der Waals surface area contributed by atoms with Crippen LogP contribution in [0.5, 0.6) is 5.75 Å². The maximum Gasteiger partial charge on any atom is 0.246 e. The molecular weight excluding hydrogens is 407 g/mol. The Balaban J connectivity index is 1.52. The van der Waals surface area contributed by atoms with Gasteiger partial charge in [-0.15, -0.1) is 0 Å². The molecule has 1 fully saturated rings.